The van der Waals surface area contributed by atoms with Gasteiger partial charge in [-0.05, 0) is 13.8 Å². The van der Waals surface area contributed by atoms with Crippen LogP contribution in [-0.4, -0.2) is 30.7 Å². The van der Waals surface area contributed by atoms with Gasteiger partial charge < -0.3 is 10.2 Å². The van der Waals surface area contributed by atoms with E-state index in [2.05, 4.69) is 21.4 Å². The topological polar surface area (TPSA) is 41.6 Å². The van der Waals surface area contributed by atoms with Gasteiger partial charge in [0, 0.05) is 17.2 Å². The van der Waals surface area contributed by atoms with Gasteiger partial charge in [-0.1, -0.05) is 15.9 Å². The Morgan fingerprint density at radius 1 is 1.77 bits per heavy atom. The summed E-state index contributed by atoms with van der Waals surface area (Å²) in [4.78, 5) is 11.4. The molecule has 0 bridgehead atoms. The van der Waals surface area contributed by atoms with Gasteiger partial charge in [-0.3, -0.25) is 0 Å². The number of esters is 1. The standard InChI is InChI=1S/C8H13BrN2O2/c1-4-13-8(12)7-6(9)5(2)10-11(7)3/h7,10H,4H2,1-3H3. The number of carbonyl (C=O) groups is 1. The van der Waals surface area contributed by atoms with Crippen molar-refractivity contribution in [2.24, 2.45) is 0 Å². The molecule has 0 spiro atoms. The van der Waals surface area contributed by atoms with Crippen molar-refractivity contribution in [3.63, 3.8) is 0 Å². The molecule has 0 aromatic carbocycles. The average Bonchev–Trinajstić information content (AvgIpc) is 2.27. The van der Waals surface area contributed by atoms with Gasteiger partial charge in [0.15, 0.2) is 6.04 Å². The average molecular weight is 249 g/mol. The summed E-state index contributed by atoms with van der Waals surface area (Å²) in [6.07, 6.45) is 0. The van der Waals surface area contributed by atoms with E-state index in [1.807, 2.05) is 6.92 Å². The Kier molecular flexibility index (Phi) is 3.33. The largest absolute Gasteiger partial charge is 0.464 e. The van der Waals surface area contributed by atoms with Crippen molar-refractivity contribution in [1.82, 2.24) is 10.4 Å². The molecule has 0 fully saturated rings. The molecule has 4 nitrogen and oxygen atoms in total. The van der Waals surface area contributed by atoms with Crippen LogP contribution in [0.25, 0.3) is 0 Å². The monoisotopic (exact) mass is 248 g/mol. The first-order valence-corrected chi connectivity index (χ1v) is 4.89. The van der Waals surface area contributed by atoms with E-state index in [0.717, 1.165) is 10.2 Å². The van der Waals surface area contributed by atoms with Gasteiger partial charge >= 0.3 is 5.97 Å². The highest BCUT2D eigenvalue weighted by Crippen LogP contribution is 2.25. The maximum absolute atomic E-state index is 11.4. The summed E-state index contributed by atoms with van der Waals surface area (Å²) < 4.78 is 5.77. The Hall–Kier alpha value is -0.550. The maximum Gasteiger partial charge on any atom is 0.330 e. The van der Waals surface area contributed by atoms with E-state index in [1.54, 1.807) is 19.0 Å². The van der Waals surface area contributed by atoms with E-state index < -0.39 is 0 Å². The molecular formula is C8H13BrN2O2. The molecule has 0 amide bonds. The second-order valence-electron chi connectivity index (χ2n) is 2.85. The Morgan fingerprint density at radius 3 is 2.77 bits per heavy atom. The summed E-state index contributed by atoms with van der Waals surface area (Å²) in [5.74, 6) is -0.235. The van der Waals surface area contributed by atoms with Crippen molar-refractivity contribution in [1.29, 1.82) is 0 Å². The van der Waals surface area contributed by atoms with Crippen LogP contribution in [0.3, 0.4) is 0 Å². The summed E-state index contributed by atoms with van der Waals surface area (Å²) in [6.45, 7) is 4.10. The lowest BCUT2D eigenvalue weighted by molar-refractivity contribution is -0.147. The summed E-state index contributed by atoms with van der Waals surface area (Å²) in [5, 5.41) is 1.72. The molecule has 5 heteroatoms. The first-order valence-electron chi connectivity index (χ1n) is 4.10. The number of nitrogens with one attached hydrogen (secondary N) is 1. The van der Waals surface area contributed by atoms with Crippen LogP contribution in [0.5, 0.6) is 0 Å². The van der Waals surface area contributed by atoms with E-state index in [1.165, 1.54) is 0 Å². The van der Waals surface area contributed by atoms with Crippen LogP contribution in [0, 0.1) is 0 Å². The minimum Gasteiger partial charge on any atom is -0.464 e. The minimum atomic E-state index is -0.347. The van der Waals surface area contributed by atoms with Crippen LogP contribution in [-0.2, 0) is 9.53 Å². The van der Waals surface area contributed by atoms with Crippen molar-refractivity contribution in [2.75, 3.05) is 13.7 Å². The zero-order valence-corrected chi connectivity index (χ0v) is 9.51. The minimum absolute atomic E-state index is 0.235. The third kappa shape index (κ3) is 2.03. The Bertz CT molecular complexity index is 253. The summed E-state index contributed by atoms with van der Waals surface area (Å²) in [7, 11) is 1.80. The fourth-order valence-electron chi connectivity index (χ4n) is 1.24. The SMILES string of the molecule is CCOC(=O)C1C(Br)=C(C)NN1C. The number of hydrogen-bond donors (Lipinski definition) is 1. The molecule has 74 valence electrons. The van der Waals surface area contributed by atoms with Gasteiger partial charge in [0.1, 0.15) is 0 Å². The first kappa shape index (κ1) is 10.5. The normalized spacial score (nSPS) is 23.2. The Morgan fingerprint density at radius 2 is 2.38 bits per heavy atom. The zero-order valence-electron chi connectivity index (χ0n) is 7.93. The molecule has 1 aliphatic heterocycles. The molecule has 0 aliphatic carbocycles. The Labute approximate surface area is 86.0 Å². The fourth-order valence-corrected chi connectivity index (χ4v) is 1.82. The van der Waals surface area contributed by atoms with Gasteiger partial charge in [0.05, 0.1) is 6.61 Å². The van der Waals surface area contributed by atoms with Gasteiger partial charge in [0.2, 0.25) is 0 Å². The highest BCUT2D eigenvalue weighted by molar-refractivity contribution is 9.11. The number of halogens is 1. The van der Waals surface area contributed by atoms with Gasteiger partial charge in [-0.15, -0.1) is 0 Å². The molecule has 0 aromatic rings. The van der Waals surface area contributed by atoms with E-state index in [4.69, 9.17) is 4.74 Å². The van der Waals surface area contributed by atoms with Crippen molar-refractivity contribution in [2.45, 2.75) is 19.9 Å². The van der Waals surface area contributed by atoms with Gasteiger partial charge in [-0.2, -0.15) is 0 Å². The lowest BCUT2D eigenvalue weighted by atomic mass is 10.3. The van der Waals surface area contributed by atoms with E-state index in [9.17, 15) is 4.79 Å². The molecule has 0 saturated heterocycles. The van der Waals surface area contributed by atoms with Crippen LogP contribution >= 0.6 is 15.9 Å². The predicted molar refractivity (Wildman–Crippen MR) is 52.9 cm³/mol. The van der Waals surface area contributed by atoms with Gasteiger partial charge in [0.25, 0.3) is 0 Å². The van der Waals surface area contributed by atoms with Gasteiger partial charge in [-0.25, -0.2) is 9.80 Å². The lowest BCUT2D eigenvalue weighted by Crippen LogP contribution is -2.41. The van der Waals surface area contributed by atoms with Crippen LogP contribution in [0.1, 0.15) is 13.8 Å². The number of hydrogen-bond acceptors (Lipinski definition) is 4. The van der Waals surface area contributed by atoms with Crippen molar-refractivity contribution >= 4 is 21.9 Å². The molecule has 1 N–H and O–H groups in total. The molecule has 1 heterocycles. The lowest BCUT2D eigenvalue weighted by Gasteiger charge is -2.18. The second-order valence-corrected chi connectivity index (χ2v) is 3.70. The third-order valence-corrected chi connectivity index (χ3v) is 2.87. The molecule has 1 rings (SSSR count). The molecule has 0 saturated carbocycles. The van der Waals surface area contributed by atoms with E-state index >= 15 is 0 Å². The van der Waals surface area contributed by atoms with Crippen LogP contribution < -0.4 is 5.43 Å². The number of hydrazine groups is 1. The molecule has 1 aliphatic rings. The smallest absolute Gasteiger partial charge is 0.330 e. The number of nitrogens with zero attached hydrogens (tertiary/aromatic N) is 1. The molecule has 13 heavy (non-hydrogen) atoms. The Balaban J connectivity index is 2.74. The fraction of sp³-hybridized carbons (Fsp3) is 0.625. The number of allylic oxidation sites excluding steroid dienone is 1. The zero-order chi connectivity index (χ0) is 10.0. The number of ether oxygens (including phenoxy) is 1. The maximum atomic E-state index is 11.4. The highest BCUT2D eigenvalue weighted by atomic mass is 79.9. The van der Waals surface area contributed by atoms with Crippen molar-refractivity contribution in [3.05, 3.63) is 10.2 Å². The molecule has 1 atom stereocenters. The highest BCUT2D eigenvalue weighted by Gasteiger charge is 2.33. The molecule has 1 unspecified atom stereocenters. The quantitative estimate of drug-likeness (QED) is 0.741. The predicted octanol–water partition coefficient (Wildman–Crippen LogP) is 0.994. The molecular weight excluding hydrogens is 236 g/mol. The van der Waals surface area contributed by atoms with E-state index in [-0.39, 0.29) is 12.0 Å². The summed E-state index contributed by atoms with van der Waals surface area (Å²) in [5.41, 5.74) is 3.97. The first-order chi connectivity index (χ1) is 6.07. The van der Waals surface area contributed by atoms with Crippen LogP contribution in [0.15, 0.2) is 10.2 Å². The number of carbonyl (C=O) groups excluding carboxylic acids is 1. The van der Waals surface area contributed by atoms with Crippen LogP contribution in [0.4, 0.5) is 0 Å². The van der Waals surface area contributed by atoms with E-state index in [0.29, 0.717) is 6.61 Å². The van der Waals surface area contributed by atoms with Crippen molar-refractivity contribution in [3.8, 4) is 0 Å². The third-order valence-electron chi connectivity index (χ3n) is 1.84. The molecule has 0 radical (unpaired) electrons. The van der Waals surface area contributed by atoms with Crippen molar-refractivity contribution < 1.29 is 9.53 Å². The molecule has 0 aromatic heterocycles. The number of likely N-dealkylation sites (N-methyl/N-ethyl adjacent to an activating group) is 1. The van der Waals surface area contributed by atoms with Crippen LogP contribution in [0.2, 0.25) is 0 Å². The second kappa shape index (κ2) is 4.11. The number of rotatable bonds is 2. The summed E-state index contributed by atoms with van der Waals surface area (Å²) in [6, 6.07) is -0.347. The summed E-state index contributed by atoms with van der Waals surface area (Å²) >= 11 is 3.36.